The van der Waals surface area contributed by atoms with Crippen LogP contribution < -0.4 is 4.18 Å². The molecule has 0 unspecified atom stereocenters. The Morgan fingerprint density at radius 2 is 1.88 bits per heavy atom. The highest BCUT2D eigenvalue weighted by atomic mass is 32.2. The summed E-state index contributed by atoms with van der Waals surface area (Å²) < 4.78 is 69.7. The van der Waals surface area contributed by atoms with E-state index in [1.165, 1.54) is 13.2 Å². The third-order valence-electron chi connectivity index (χ3n) is 4.31. The van der Waals surface area contributed by atoms with Gasteiger partial charge in [-0.1, -0.05) is 18.9 Å². The maximum absolute atomic E-state index is 12.7. The molecule has 1 aromatic carbocycles. The van der Waals surface area contributed by atoms with E-state index in [0.717, 1.165) is 25.0 Å². The van der Waals surface area contributed by atoms with Crippen molar-refractivity contribution >= 4 is 16.1 Å². The lowest BCUT2D eigenvalue weighted by Crippen LogP contribution is -2.30. The zero-order valence-corrected chi connectivity index (χ0v) is 14.2. The van der Waals surface area contributed by atoms with Crippen molar-refractivity contribution in [3.8, 4) is 5.75 Å². The largest absolute Gasteiger partial charge is 0.534 e. The Balaban J connectivity index is 2.60. The Labute approximate surface area is 143 Å². The number of benzene rings is 1. The fraction of sp³-hybridized carbons (Fsp3) is 0.438. The van der Waals surface area contributed by atoms with Crippen LogP contribution in [-0.2, 0) is 20.3 Å². The molecule has 0 aliphatic heterocycles. The van der Waals surface area contributed by atoms with Crippen molar-refractivity contribution in [3.63, 3.8) is 0 Å². The molecule has 1 aliphatic carbocycles. The molecule has 2 rings (SSSR count). The second-order valence-corrected chi connectivity index (χ2v) is 7.29. The number of esters is 1. The molecule has 1 aromatic rings. The van der Waals surface area contributed by atoms with Crippen LogP contribution in [0.15, 0.2) is 30.9 Å². The summed E-state index contributed by atoms with van der Waals surface area (Å²) in [5.74, 6) is -1.16. The average molecular weight is 378 g/mol. The molecular formula is C16H17F3O5S. The Morgan fingerprint density at radius 3 is 2.36 bits per heavy atom. The molecule has 5 nitrogen and oxygen atoms in total. The highest BCUT2D eigenvalue weighted by Gasteiger charge is 2.49. The minimum atomic E-state index is -5.83. The molecule has 1 aliphatic rings. The fourth-order valence-corrected chi connectivity index (χ4v) is 3.47. The van der Waals surface area contributed by atoms with E-state index in [0.29, 0.717) is 12.8 Å². The molecule has 0 saturated heterocycles. The first-order chi connectivity index (χ1) is 11.6. The molecule has 0 amide bonds. The van der Waals surface area contributed by atoms with Crippen LogP contribution in [0.3, 0.4) is 0 Å². The summed E-state index contributed by atoms with van der Waals surface area (Å²) in [5.41, 5.74) is -6.05. The second-order valence-electron chi connectivity index (χ2n) is 5.75. The summed E-state index contributed by atoms with van der Waals surface area (Å²) >= 11 is 0. The van der Waals surface area contributed by atoms with Crippen LogP contribution in [0.2, 0.25) is 0 Å². The first kappa shape index (κ1) is 19.3. The van der Waals surface area contributed by atoms with Gasteiger partial charge in [0.15, 0.2) is 0 Å². The van der Waals surface area contributed by atoms with Crippen LogP contribution in [0.25, 0.3) is 0 Å². The van der Waals surface area contributed by atoms with Crippen molar-refractivity contribution in [1.29, 1.82) is 0 Å². The van der Waals surface area contributed by atoms with Gasteiger partial charge in [0.2, 0.25) is 0 Å². The number of carbonyl (C=O) groups excluding carboxylic acids is 1. The molecule has 25 heavy (non-hydrogen) atoms. The third-order valence-corrected chi connectivity index (χ3v) is 5.27. The predicted octanol–water partition coefficient (Wildman–Crippen LogP) is 3.70. The number of hydrogen-bond donors (Lipinski definition) is 0. The molecule has 0 atom stereocenters. The van der Waals surface area contributed by atoms with Gasteiger partial charge in [0, 0.05) is 11.0 Å². The molecule has 0 spiro atoms. The van der Waals surface area contributed by atoms with Crippen LogP contribution in [-0.4, -0.2) is 27.0 Å². The van der Waals surface area contributed by atoms with Crippen molar-refractivity contribution in [2.24, 2.45) is 0 Å². The maximum Gasteiger partial charge on any atom is 0.534 e. The van der Waals surface area contributed by atoms with Crippen molar-refractivity contribution in [1.82, 2.24) is 0 Å². The minimum absolute atomic E-state index is 0.0855. The van der Waals surface area contributed by atoms with Crippen molar-refractivity contribution < 1.29 is 35.3 Å². The van der Waals surface area contributed by atoms with E-state index in [-0.39, 0.29) is 11.1 Å². The van der Waals surface area contributed by atoms with E-state index >= 15 is 0 Å². The molecule has 1 saturated carbocycles. The zero-order valence-electron chi connectivity index (χ0n) is 13.4. The number of ether oxygens (including phenoxy) is 1. The van der Waals surface area contributed by atoms with Crippen LogP contribution in [0, 0.1) is 0 Å². The summed E-state index contributed by atoms with van der Waals surface area (Å²) in [6, 6.07) is 3.50. The van der Waals surface area contributed by atoms with Crippen molar-refractivity contribution in [2.75, 3.05) is 7.11 Å². The minimum Gasteiger partial charge on any atom is -0.465 e. The lowest BCUT2D eigenvalue weighted by atomic mass is 9.78. The van der Waals surface area contributed by atoms with Gasteiger partial charge in [-0.15, -0.1) is 6.58 Å². The van der Waals surface area contributed by atoms with E-state index in [1.54, 1.807) is 6.08 Å². The molecule has 1 fully saturated rings. The van der Waals surface area contributed by atoms with E-state index < -0.39 is 32.8 Å². The van der Waals surface area contributed by atoms with Gasteiger partial charge in [-0.25, -0.2) is 4.79 Å². The quantitative estimate of drug-likeness (QED) is 0.338. The van der Waals surface area contributed by atoms with Gasteiger partial charge in [0.05, 0.1) is 12.7 Å². The van der Waals surface area contributed by atoms with Crippen molar-refractivity contribution in [2.45, 2.75) is 36.6 Å². The molecule has 138 valence electrons. The van der Waals surface area contributed by atoms with Gasteiger partial charge in [0.25, 0.3) is 0 Å². The highest BCUT2D eigenvalue weighted by molar-refractivity contribution is 7.88. The predicted molar refractivity (Wildman–Crippen MR) is 83.7 cm³/mol. The van der Waals surface area contributed by atoms with Crippen LogP contribution in [0.4, 0.5) is 13.2 Å². The van der Waals surface area contributed by atoms with Gasteiger partial charge in [-0.3, -0.25) is 0 Å². The van der Waals surface area contributed by atoms with Gasteiger partial charge in [-0.05, 0) is 31.0 Å². The molecule has 0 aromatic heterocycles. The number of methoxy groups -OCH3 is 1. The van der Waals surface area contributed by atoms with E-state index in [9.17, 15) is 26.4 Å². The van der Waals surface area contributed by atoms with Crippen LogP contribution >= 0.6 is 0 Å². The Morgan fingerprint density at radius 1 is 1.28 bits per heavy atom. The van der Waals surface area contributed by atoms with Gasteiger partial charge in [-0.2, -0.15) is 21.6 Å². The first-order valence-corrected chi connectivity index (χ1v) is 8.84. The van der Waals surface area contributed by atoms with E-state index in [1.807, 2.05) is 0 Å². The van der Waals surface area contributed by atoms with Gasteiger partial charge >= 0.3 is 21.6 Å². The number of rotatable bonds is 5. The average Bonchev–Trinajstić information content (AvgIpc) is 3.03. The molecule has 0 radical (unpaired) electrons. The molecule has 0 heterocycles. The number of allylic oxidation sites excluding steroid dienone is 1. The Bertz CT molecular complexity index is 777. The normalized spacial score (nSPS) is 17.1. The Hall–Kier alpha value is -2.03. The molecule has 0 bridgehead atoms. The topological polar surface area (TPSA) is 69.7 Å². The summed E-state index contributed by atoms with van der Waals surface area (Å²) in [7, 11) is -4.66. The van der Waals surface area contributed by atoms with Gasteiger partial charge in [0.1, 0.15) is 5.75 Å². The van der Waals surface area contributed by atoms with Crippen molar-refractivity contribution in [3.05, 3.63) is 42.0 Å². The summed E-state index contributed by atoms with van der Waals surface area (Å²) in [4.78, 5) is 11.7. The highest BCUT2D eigenvalue weighted by Crippen LogP contribution is 2.46. The molecular weight excluding hydrogens is 361 g/mol. The monoisotopic (exact) mass is 378 g/mol. The summed E-state index contributed by atoms with van der Waals surface area (Å²) in [6.45, 7) is 3.73. The zero-order chi connectivity index (χ0) is 18.9. The van der Waals surface area contributed by atoms with Gasteiger partial charge < -0.3 is 8.92 Å². The number of alkyl halides is 3. The maximum atomic E-state index is 12.7. The third kappa shape index (κ3) is 3.65. The lowest BCUT2D eigenvalue weighted by Gasteiger charge is -2.28. The Kier molecular flexibility index (Phi) is 5.17. The lowest BCUT2D eigenvalue weighted by molar-refractivity contribution is -0.0500. The fourth-order valence-electron chi connectivity index (χ4n) is 2.99. The smallest absolute Gasteiger partial charge is 0.465 e. The van der Waals surface area contributed by atoms with E-state index in [4.69, 9.17) is 0 Å². The summed E-state index contributed by atoms with van der Waals surface area (Å²) in [6.07, 6.45) is 4.26. The number of halogens is 3. The van der Waals surface area contributed by atoms with Crippen LogP contribution in [0.5, 0.6) is 5.75 Å². The SMILES string of the molecule is C=CC1(c2cc(C(=O)OC)ccc2OS(=O)(=O)C(F)(F)F)CCCC1. The second kappa shape index (κ2) is 6.70. The first-order valence-electron chi connectivity index (χ1n) is 7.43. The molecule has 0 N–H and O–H groups in total. The standard InChI is InChI=1S/C16H17F3O5S/c1-3-15(8-4-5-9-15)12-10-11(14(20)23-2)6-7-13(12)24-25(21,22)16(17,18)19/h3,6-7,10H,1,4-5,8-9H2,2H3. The number of carbonyl (C=O) groups is 1. The van der Waals surface area contributed by atoms with Crippen LogP contribution in [0.1, 0.15) is 41.6 Å². The molecule has 9 heteroatoms. The number of hydrogen-bond acceptors (Lipinski definition) is 5. The summed E-state index contributed by atoms with van der Waals surface area (Å²) in [5, 5.41) is 0. The van der Waals surface area contributed by atoms with E-state index in [2.05, 4.69) is 15.5 Å².